The monoisotopic (exact) mass is 350 g/mol. The number of piperidine rings is 1. The van der Waals surface area contributed by atoms with Gasteiger partial charge in [0, 0.05) is 25.3 Å². The van der Waals surface area contributed by atoms with Crippen molar-refractivity contribution in [3.8, 4) is 5.75 Å². The van der Waals surface area contributed by atoms with E-state index in [-0.39, 0.29) is 35.5 Å². The first-order valence-electron chi connectivity index (χ1n) is 8.55. The first-order valence-corrected chi connectivity index (χ1v) is 8.55. The average molecular weight is 350 g/mol. The minimum atomic E-state index is -0.492. The van der Waals surface area contributed by atoms with Gasteiger partial charge in [-0.1, -0.05) is 0 Å². The standard InChI is InChI=1S/C18H23FN2O4/c1-24-15-10-12(2-3-14(15)19)18(23)21-7-4-11(5-8-21)16-13(17(20)22)6-9-25-16/h2-3,10-11,13,16H,4-9H2,1H3,(H2,20,22)/t13-,16+/m0/s1. The van der Waals surface area contributed by atoms with E-state index in [2.05, 4.69) is 0 Å². The smallest absolute Gasteiger partial charge is 0.253 e. The molecule has 136 valence electrons. The molecule has 0 aromatic heterocycles. The van der Waals surface area contributed by atoms with E-state index >= 15 is 0 Å². The van der Waals surface area contributed by atoms with Crippen LogP contribution in [0.1, 0.15) is 29.6 Å². The first-order chi connectivity index (χ1) is 12.0. The molecule has 2 heterocycles. The predicted octanol–water partition coefficient (Wildman–Crippen LogP) is 1.58. The highest BCUT2D eigenvalue weighted by Gasteiger charge is 2.39. The number of primary amides is 1. The van der Waals surface area contributed by atoms with Crippen molar-refractivity contribution in [2.24, 2.45) is 17.6 Å². The fraction of sp³-hybridized carbons (Fsp3) is 0.556. The Kier molecular flexibility index (Phi) is 5.22. The molecule has 25 heavy (non-hydrogen) atoms. The summed E-state index contributed by atoms with van der Waals surface area (Å²) >= 11 is 0. The first kappa shape index (κ1) is 17.7. The van der Waals surface area contributed by atoms with Crippen LogP contribution >= 0.6 is 0 Å². The Labute approximate surface area is 146 Å². The van der Waals surface area contributed by atoms with E-state index in [0.717, 1.165) is 12.8 Å². The number of methoxy groups -OCH3 is 1. The zero-order chi connectivity index (χ0) is 18.0. The average Bonchev–Trinajstić information content (AvgIpc) is 3.12. The molecule has 3 rings (SSSR count). The number of likely N-dealkylation sites (tertiary alicyclic amines) is 1. The molecule has 2 amide bonds. The minimum absolute atomic E-state index is 0.0596. The van der Waals surface area contributed by atoms with E-state index < -0.39 is 5.82 Å². The van der Waals surface area contributed by atoms with Crippen molar-refractivity contribution in [3.05, 3.63) is 29.6 Å². The summed E-state index contributed by atoms with van der Waals surface area (Å²) in [5.74, 6) is -0.881. The third-order valence-corrected chi connectivity index (χ3v) is 5.19. The molecule has 0 unspecified atom stereocenters. The molecule has 1 aromatic rings. The van der Waals surface area contributed by atoms with Crippen molar-refractivity contribution in [3.63, 3.8) is 0 Å². The van der Waals surface area contributed by atoms with Gasteiger partial charge in [-0.2, -0.15) is 0 Å². The summed E-state index contributed by atoms with van der Waals surface area (Å²) in [6.07, 6.45) is 2.06. The molecule has 2 atom stereocenters. The van der Waals surface area contributed by atoms with Gasteiger partial charge in [-0.25, -0.2) is 4.39 Å². The van der Waals surface area contributed by atoms with E-state index in [0.29, 0.717) is 31.7 Å². The van der Waals surface area contributed by atoms with Crippen LogP contribution in [0.3, 0.4) is 0 Å². The summed E-state index contributed by atoms with van der Waals surface area (Å²) in [6, 6.07) is 4.13. The van der Waals surface area contributed by atoms with Crippen molar-refractivity contribution in [2.45, 2.75) is 25.4 Å². The Hall–Kier alpha value is -2.15. The van der Waals surface area contributed by atoms with Crippen LogP contribution in [-0.4, -0.2) is 49.6 Å². The fourth-order valence-corrected chi connectivity index (χ4v) is 3.79. The number of hydrogen-bond acceptors (Lipinski definition) is 4. The lowest BCUT2D eigenvalue weighted by atomic mass is 9.84. The Morgan fingerprint density at radius 1 is 1.28 bits per heavy atom. The summed E-state index contributed by atoms with van der Waals surface area (Å²) < 4.78 is 24.2. The summed E-state index contributed by atoms with van der Waals surface area (Å²) in [5.41, 5.74) is 5.87. The highest BCUT2D eigenvalue weighted by Crippen LogP contribution is 2.33. The molecule has 0 saturated carbocycles. The van der Waals surface area contributed by atoms with Gasteiger partial charge in [0.25, 0.3) is 5.91 Å². The Morgan fingerprint density at radius 3 is 2.64 bits per heavy atom. The lowest BCUT2D eigenvalue weighted by Gasteiger charge is -2.35. The lowest BCUT2D eigenvalue weighted by Crippen LogP contribution is -2.44. The number of rotatable bonds is 4. The maximum atomic E-state index is 13.5. The van der Waals surface area contributed by atoms with Crippen molar-refractivity contribution in [1.29, 1.82) is 0 Å². The third-order valence-electron chi connectivity index (χ3n) is 5.19. The molecule has 0 bridgehead atoms. The van der Waals surface area contributed by atoms with Crippen LogP contribution in [0.2, 0.25) is 0 Å². The zero-order valence-corrected chi connectivity index (χ0v) is 14.2. The van der Waals surface area contributed by atoms with Gasteiger partial charge in [-0.05, 0) is 43.4 Å². The molecule has 2 aliphatic heterocycles. The highest BCUT2D eigenvalue weighted by atomic mass is 19.1. The zero-order valence-electron chi connectivity index (χ0n) is 14.2. The molecule has 0 spiro atoms. The summed E-state index contributed by atoms with van der Waals surface area (Å²) in [7, 11) is 1.37. The van der Waals surface area contributed by atoms with Crippen LogP contribution in [0, 0.1) is 17.7 Å². The lowest BCUT2D eigenvalue weighted by molar-refractivity contribution is -0.124. The van der Waals surface area contributed by atoms with E-state index in [1.807, 2.05) is 0 Å². The topological polar surface area (TPSA) is 81.9 Å². The molecule has 7 heteroatoms. The predicted molar refractivity (Wildman–Crippen MR) is 88.6 cm³/mol. The normalized spacial score (nSPS) is 24.3. The van der Waals surface area contributed by atoms with Crippen molar-refractivity contribution in [2.75, 3.05) is 26.8 Å². The second kappa shape index (κ2) is 7.39. The van der Waals surface area contributed by atoms with Crippen molar-refractivity contribution < 1.29 is 23.5 Å². The van der Waals surface area contributed by atoms with Gasteiger partial charge in [-0.3, -0.25) is 9.59 Å². The molecular formula is C18H23FN2O4. The number of carbonyl (C=O) groups is 2. The number of benzene rings is 1. The van der Waals surface area contributed by atoms with E-state index in [4.69, 9.17) is 15.2 Å². The minimum Gasteiger partial charge on any atom is -0.494 e. The van der Waals surface area contributed by atoms with Gasteiger partial charge in [0.05, 0.1) is 19.1 Å². The Morgan fingerprint density at radius 2 is 2.00 bits per heavy atom. The fourth-order valence-electron chi connectivity index (χ4n) is 3.79. The maximum Gasteiger partial charge on any atom is 0.253 e. The van der Waals surface area contributed by atoms with Gasteiger partial charge >= 0.3 is 0 Å². The highest BCUT2D eigenvalue weighted by molar-refractivity contribution is 5.94. The van der Waals surface area contributed by atoms with Crippen LogP contribution < -0.4 is 10.5 Å². The molecule has 1 aromatic carbocycles. The Balaban J connectivity index is 1.62. The number of nitrogens with zero attached hydrogens (tertiary/aromatic N) is 1. The van der Waals surface area contributed by atoms with Crippen LogP contribution in [0.5, 0.6) is 5.75 Å². The largest absolute Gasteiger partial charge is 0.494 e. The SMILES string of the molecule is COc1cc(C(=O)N2CCC([C@H]3OCC[C@@H]3C(N)=O)CC2)ccc1F. The molecule has 2 saturated heterocycles. The van der Waals surface area contributed by atoms with Gasteiger partial charge in [-0.15, -0.1) is 0 Å². The third kappa shape index (κ3) is 3.61. The molecular weight excluding hydrogens is 327 g/mol. The summed E-state index contributed by atoms with van der Waals surface area (Å²) in [4.78, 5) is 25.9. The van der Waals surface area contributed by atoms with Crippen LogP contribution in [0.25, 0.3) is 0 Å². The summed E-state index contributed by atoms with van der Waals surface area (Å²) in [5, 5.41) is 0. The number of nitrogens with two attached hydrogens (primary N) is 1. The van der Waals surface area contributed by atoms with Crippen molar-refractivity contribution >= 4 is 11.8 Å². The Bertz CT molecular complexity index is 658. The molecule has 0 aliphatic carbocycles. The molecule has 0 radical (unpaired) electrons. The van der Waals surface area contributed by atoms with E-state index in [1.165, 1.54) is 25.3 Å². The van der Waals surface area contributed by atoms with Crippen LogP contribution in [0.4, 0.5) is 4.39 Å². The molecule has 6 nitrogen and oxygen atoms in total. The quantitative estimate of drug-likeness (QED) is 0.894. The molecule has 2 N–H and O–H groups in total. The van der Waals surface area contributed by atoms with Gasteiger partial charge in [0.1, 0.15) is 0 Å². The second-order valence-corrected chi connectivity index (χ2v) is 6.61. The number of halogens is 1. The second-order valence-electron chi connectivity index (χ2n) is 6.61. The number of carbonyl (C=O) groups excluding carboxylic acids is 2. The summed E-state index contributed by atoms with van der Waals surface area (Å²) in [6.45, 7) is 1.72. The van der Waals surface area contributed by atoms with Crippen LogP contribution in [-0.2, 0) is 9.53 Å². The molecule has 2 fully saturated rings. The van der Waals surface area contributed by atoms with Gasteiger partial charge in [0.15, 0.2) is 11.6 Å². The van der Waals surface area contributed by atoms with Gasteiger partial charge in [0.2, 0.25) is 5.91 Å². The van der Waals surface area contributed by atoms with E-state index in [9.17, 15) is 14.0 Å². The van der Waals surface area contributed by atoms with Crippen LogP contribution in [0.15, 0.2) is 18.2 Å². The van der Waals surface area contributed by atoms with Crippen molar-refractivity contribution in [1.82, 2.24) is 4.90 Å². The van der Waals surface area contributed by atoms with Gasteiger partial charge < -0.3 is 20.1 Å². The number of amides is 2. The number of ether oxygens (including phenoxy) is 2. The molecule has 2 aliphatic rings. The van der Waals surface area contributed by atoms with E-state index in [1.54, 1.807) is 4.90 Å². The number of hydrogen-bond donors (Lipinski definition) is 1. The maximum absolute atomic E-state index is 13.5.